The molecule has 0 bridgehead atoms. The first-order valence-electron chi connectivity index (χ1n) is 8.81. The van der Waals surface area contributed by atoms with E-state index in [0.717, 1.165) is 28.4 Å². The van der Waals surface area contributed by atoms with Crippen LogP contribution in [-0.4, -0.2) is 33.8 Å². The van der Waals surface area contributed by atoms with Gasteiger partial charge in [-0.05, 0) is 53.6 Å². The molecule has 3 atom stereocenters. The molecule has 1 amide bonds. The molecule has 0 aliphatic heterocycles. The minimum Gasteiger partial charge on any atom is -0.480 e. The van der Waals surface area contributed by atoms with Crippen LogP contribution in [0.3, 0.4) is 0 Å². The fourth-order valence-corrected chi connectivity index (χ4v) is 4.49. The average Bonchev–Trinajstić information content (AvgIpc) is 3.05. The standard InChI is InChI=1S/C20H21BrN2O3S/c21-14-4-6-15-13(9-14)3-5-16(15)17(11-27)19(24)23-18(20(25)26)8-12-2-1-7-22-10-12/h1-2,4,6-7,9-10,16-18,27H,3,5,8,11H2,(H,23,24)(H,25,26). The molecule has 1 aromatic carbocycles. The van der Waals surface area contributed by atoms with Crippen molar-refractivity contribution in [1.29, 1.82) is 0 Å². The number of nitrogens with one attached hydrogen (secondary N) is 1. The first-order chi connectivity index (χ1) is 13.0. The smallest absolute Gasteiger partial charge is 0.326 e. The Balaban J connectivity index is 1.74. The van der Waals surface area contributed by atoms with Gasteiger partial charge in [-0.25, -0.2) is 4.79 Å². The van der Waals surface area contributed by atoms with Crippen LogP contribution in [0.1, 0.15) is 29.0 Å². The molecular weight excluding hydrogens is 428 g/mol. The van der Waals surface area contributed by atoms with Crippen molar-refractivity contribution in [2.45, 2.75) is 31.2 Å². The van der Waals surface area contributed by atoms with Gasteiger partial charge in [0, 0.05) is 29.0 Å². The van der Waals surface area contributed by atoms with Crippen LogP contribution >= 0.6 is 28.6 Å². The normalized spacial score (nSPS) is 17.8. The molecule has 27 heavy (non-hydrogen) atoms. The molecule has 7 heteroatoms. The molecule has 1 aliphatic rings. The highest BCUT2D eigenvalue weighted by molar-refractivity contribution is 9.10. The zero-order valence-corrected chi connectivity index (χ0v) is 17.1. The molecule has 5 nitrogen and oxygen atoms in total. The summed E-state index contributed by atoms with van der Waals surface area (Å²) in [6.07, 6.45) is 5.22. The van der Waals surface area contributed by atoms with E-state index >= 15 is 0 Å². The van der Waals surface area contributed by atoms with Crippen molar-refractivity contribution in [3.8, 4) is 0 Å². The van der Waals surface area contributed by atoms with E-state index in [9.17, 15) is 14.7 Å². The van der Waals surface area contributed by atoms with Crippen molar-refractivity contribution in [2.24, 2.45) is 5.92 Å². The number of carbonyl (C=O) groups is 2. The van der Waals surface area contributed by atoms with E-state index in [1.54, 1.807) is 24.5 Å². The highest BCUT2D eigenvalue weighted by Gasteiger charge is 2.35. The van der Waals surface area contributed by atoms with Gasteiger partial charge in [-0.2, -0.15) is 12.6 Å². The summed E-state index contributed by atoms with van der Waals surface area (Å²) < 4.78 is 1.02. The van der Waals surface area contributed by atoms with Crippen molar-refractivity contribution >= 4 is 40.4 Å². The summed E-state index contributed by atoms with van der Waals surface area (Å²) in [6.45, 7) is 0. The summed E-state index contributed by atoms with van der Waals surface area (Å²) in [5.41, 5.74) is 3.16. The number of benzene rings is 1. The number of aromatic nitrogens is 1. The largest absolute Gasteiger partial charge is 0.480 e. The Kier molecular flexibility index (Phi) is 6.55. The zero-order valence-electron chi connectivity index (χ0n) is 14.6. The first kappa shape index (κ1) is 19.9. The summed E-state index contributed by atoms with van der Waals surface area (Å²) in [6, 6.07) is 8.68. The zero-order chi connectivity index (χ0) is 19.4. The Morgan fingerprint density at radius 2 is 2.19 bits per heavy atom. The lowest BCUT2D eigenvalue weighted by molar-refractivity contribution is -0.142. The molecule has 0 spiro atoms. The number of rotatable bonds is 7. The number of carboxylic acid groups (broad SMARTS) is 1. The molecule has 1 heterocycles. The Morgan fingerprint density at radius 3 is 2.85 bits per heavy atom. The van der Waals surface area contributed by atoms with Crippen molar-refractivity contribution in [3.63, 3.8) is 0 Å². The predicted octanol–water partition coefficient (Wildman–Crippen LogP) is 3.23. The summed E-state index contributed by atoms with van der Waals surface area (Å²) in [5.74, 6) is -1.27. The van der Waals surface area contributed by atoms with Crippen LogP contribution in [-0.2, 0) is 22.4 Å². The summed E-state index contributed by atoms with van der Waals surface area (Å²) in [7, 11) is 0. The quantitative estimate of drug-likeness (QED) is 0.568. The summed E-state index contributed by atoms with van der Waals surface area (Å²) in [4.78, 5) is 28.5. The van der Waals surface area contributed by atoms with E-state index in [2.05, 4.69) is 44.9 Å². The van der Waals surface area contributed by atoms with Gasteiger partial charge in [0.05, 0.1) is 5.92 Å². The van der Waals surface area contributed by atoms with Crippen LogP contribution in [0.5, 0.6) is 0 Å². The van der Waals surface area contributed by atoms with Crippen molar-refractivity contribution in [2.75, 3.05) is 5.75 Å². The van der Waals surface area contributed by atoms with Gasteiger partial charge in [0.15, 0.2) is 0 Å². The molecule has 0 fully saturated rings. The molecule has 1 aliphatic carbocycles. The fraction of sp³-hybridized carbons (Fsp3) is 0.350. The topological polar surface area (TPSA) is 79.3 Å². The molecular formula is C20H21BrN2O3S. The second-order valence-electron chi connectivity index (χ2n) is 6.74. The van der Waals surface area contributed by atoms with E-state index in [0.29, 0.717) is 5.75 Å². The number of carboxylic acids is 1. The highest BCUT2D eigenvalue weighted by Crippen LogP contribution is 2.40. The highest BCUT2D eigenvalue weighted by atomic mass is 79.9. The molecule has 2 aromatic rings. The fourth-order valence-electron chi connectivity index (χ4n) is 3.66. The van der Waals surface area contributed by atoms with Crippen LogP contribution < -0.4 is 5.32 Å². The number of amides is 1. The van der Waals surface area contributed by atoms with Crippen LogP contribution in [0.25, 0.3) is 0 Å². The maximum Gasteiger partial charge on any atom is 0.326 e. The van der Waals surface area contributed by atoms with Gasteiger partial charge < -0.3 is 10.4 Å². The van der Waals surface area contributed by atoms with Gasteiger partial charge >= 0.3 is 5.97 Å². The first-order valence-corrected chi connectivity index (χ1v) is 10.2. The second-order valence-corrected chi connectivity index (χ2v) is 8.02. The Morgan fingerprint density at radius 1 is 1.37 bits per heavy atom. The Hall–Kier alpha value is -1.86. The van der Waals surface area contributed by atoms with Gasteiger partial charge in [0.1, 0.15) is 6.04 Å². The number of thiol groups is 1. The lowest BCUT2D eigenvalue weighted by Crippen LogP contribution is -2.46. The monoisotopic (exact) mass is 448 g/mol. The van der Waals surface area contributed by atoms with E-state index in [1.165, 1.54) is 5.56 Å². The molecule has 1 aromatic heterocycles. The summed E-state index contributed by atoms with van der Waals surface area (Å²) >= 11 is 7.87. The Bertz CT molecular complexity index is 831. The van der Waals surface area contributed by atoms with Crippen LogP contribution in [0.15, 0.2) is 47.2 Å². The third kappa shape index (κ3) is 4.71. The van der Waals surface area contributed by atoms with E-state index in [-0.39, 0.29) is 24.2 Å². The van der Waals surface area contributed by atoms with E-state index in [1.807, 2.05) is 12.1 Å². The van der Waals surface area contributed by atoms with Gasteiger partial charge in [0.2, 0.25) is 5.91 Å². The molecule has 3 unspecified atom stereocenters. The maximum atomic E-state index is 12.9. The van der Waals surface area contributed by atoms with Gasteiger partial charge in [-0.15, -0.1) is 0 Å². The second kappa shape index (κ2) is 8.89. The van der Waals surface area contributed by atoms with Crippen molar-refractivity contribution in [1.82, 2.24) is 10.3 Å². The number of fused-ring (bicyclic) bond motifs is 1. The third-order valence-electron chi connectivity index (χ3n) is 5.03. The minimum absolute atomic E-state index is 0.0541. The Labute approximate surface area is 172 Å². The number of hydrogen-bond donors (Lipinski definition) is 3. The molecule has 142 valence electrons. The number of pyridine rings is 1. The SMILES string of the molecule is O=C(O)C(Cc1cccnc1)NC(=O)C(CS)C1CCc2cc(Br)ccc21. The lowest BCUT2D eigenvalue weighted by atomic mass is 9.87. The summed E-state index contributed by atoms with van der Waals surface area (Å²) in [5, 5.41) is 12.2. The molecule has 0 saturated heterocycles. The van der Waals surface area contributed by atoms with Crippen molar-refractivity contribution < 1.29 is 14.7 Å². The van der Waals surface area contributed by atoms with Crippen LogP contribution in [0.4, 0.5) is 0 Å². The number of aryl methyl sites for hydroxylation is 1. The number of hydrogen-bond acceptors (Lipinski definition) is 4. The van der Waals surface area contributed by atoms with Crippen LogP contribution in [0, 0.1) is 5.92 Å². The van der Waals surface area contributed by atoms with Gasteiger partial charge in [0.25, 0.3) is 0 Å². The van der Waals surface area contributed by atoms with Gasteiger partial charge in [-0.3, -0.25) is 9.78 Å². The maximum absolute atomic E-state index is 12.9. The molecule has 0 saturated carbocycles. The predicted molar refractivity (Wildman–Crippen MR) is 110 cm³/mol. The average molecular weight is 449 g/mol. The van der Waals surface area contributed by atoms with E-state index < -0.39 is 12.0 Å². The van der Waals surface area contributed by atoms with E-state index in [4.69, 9.17) is 0 Å². The molecule has 2 N–H and O–H groups in total. The van der Waals surface area contributed by atoms with Crippen LogP contribution in [0.2, 0.25) is 0 Å². The lowest BCUT2D eigenvalue weighted by Gasteiger charge is -2.24. The number of nitrogens with zero attached hydrogens (tertiary/aromatic N) is 1. The number of carbonyl (C=O) groups excluding carboxylic acids is 1. The third-order valence-corrected chi connectivity index (χ3v) is 5.91. The molecule has 3 rings (SSSR count). The molecule has 0 radical (unpaired) electrons. The number of halogens is 1. The number of aliphatic carboxylic acids is 1. The van der Waals surface area contributed by atoms with Crippen molar-refractivity contribution in [3.05, 3.63) is 63.9 Å². The minimum atomic E-state index is -1.05. The van der Waals surface area contributed by atoms with Gasteiger partial charge in [-0.1, -0.05) is 28.1 Å².